The summed E-state index contributed by atoms with van der Waals surface area (Å²) in [7, 11) is -2.43. The van der Waals surface area contributed by atoms with Crippen molar-refractivity contribution in [1.29, 1.82) is 0 Å². The molecule has 16 nitrogen and oxygen atoms in total. The molecule has 2 saturated carbocycles. The highest BCUT2D eigenvalue weighted by Crippen LogP contribution is 2.45. The average molecular weight is 857 g/mol. The molecular weight excluding hydrogens is 805 g/mol. The number of fused-ring (bicyclic) bond motifs is 1. The van der Waals surface area contributed by atoms with Crippen LogP contribution in [0.2, 0.25) is 0 Å². The van der Waals surface area contributed by atoms with Gasteiger partial charge in [-0.3, -0.25) is 23.9 Å². The van der Waals surface area contributed by atoms with Gasteiger partial charge in [0.25, 0.3) is 5.91 Å². The van der Waals surface area contributed by atoms with Crippen LogP contribution in [0.1, 0.15) is 46.5 Å². The molecule has 1 saturated heterocycles. The van der Waals surface area contributed by atoms with Crippen LogP contribution in [0.3, 0.4) is 0 Å². The number of carbonyl (C=O) groups is 5. The van der Waals surface area contributed by atoms with E-state index in [9.17, 15) is 32.4 Å². The first-order valence-corrected chi connectivity index (χ1v) is 21.5. The summed E-state index contributed by atoms with van der Waals surface area (Å²) in [6.07, 6.45) is 3.01. The first-order chi connectivity index (χ1) is 28.9. The lowest BCUT2D eigenvalue weighted by Gasteiger charge is -2.32. The maximum atomic E-state index is 14.9. The number of aromatic nitrogens is 1. The van der Waals surface area contributed by atoms with Gasteiger partial charge in [0, 0.05) is 42.0 Å². The second-order valence-corrected chi connectivity index (χ2v) is 18.3. The van der Waals surface area contributed by atoms with E-state index in [1.54, 1.807) is 52.1 Å². The van der Waals surface area contributed by atoms with Gasteiger partial charge in [-0.25, -0.2) is 18.2 Å². The zero-order valence-corrected chi connectivity index (χ0v) is 35.5. The summed E-state index contributed by atoms with van der Waals surface area (Å²) < 4.78 is 45.5. The molecule has 3 fully saturated rings. The molecule has 2 heterocycles. The molecule has 0 unspecified atom stereocenters. The molecule has 2 aromatic carbocycles. The molecule has 1 aliphatic heterocycles. The van der Waals surface area contributed by atoms with Crippen molar-refractivity contribution in [2.45, 2.75) is 81.0 Å². The Morgan fingerprint density at radius 1 is 1.05 bits per heavy atom. The summed E-state index contributed by atoms with van der Waals surface area (Å²) in [5.41, 5.74) is -0.644. The predicted molar refractivity (Wildman–Crippen MR) is 228 cm³/mol. The van der Waals surface area contributed by atoms with Crippen molar-refractivity contribution in [2.24, 2.45) is 5.92 Å². The zero-order chi connectivity index (χ0) is 44.3. The van der Waals surface area contributed by atoms with Crippen molar-refractivity contribution < 1.29 is 46.6 Å². The van der Waals surface area contributed by atoms with E-state index >= 15 is 0 Å². The molecule has 61 heavy (non-hydrogen) atoms. The standard InChI is InChI=1S/C44H52N6O10S/c1-8-20-49(38(51)10-3)26-35(46-42(55)60-43(4,5)6)40(53)50-25-30(22-36(50)39(52)47-44(24-28(44)9-2)41(54)48-61(56,57)31-17-18-31)59-37-23-33(27-14-12-11-13-15-27)45-34-21-29(58-7)16-19-32(34)37/h8-16,19,21,23,28,30-31,35-36H,1-3,17-18,20,22,24-26H2,4-7H3,(H,46,55)(H,47,52)(H,48,54)/t28-,30-,35+,36+,44-/m1/s1. The Morgan fingerprint density at radius 3 is 2.38 bits per heavy atom. The van der Waals surface area contributed by atoms with Crippen molar-refractivity contribution in [1.82, 2.24) is 30.1 Å². The van der Waals surface area contributed by atoms with E-state index in [4.69, 9.17) is 19.2 Å². The molecule has 3 aromatic rings. The van der Waals surface area contributed by atoms with Crippen LogP contribution in [0.15, 0.2) is 92.6 Å². The smallest absolute Gasteiger partial charge is 0.408 e. The number of amides is 5. The average Bonchev–Trinajstić information content (AvgIpc) is 4.15. The van der Waals surface area contributed by atoms with Crippen LogP contribution in [0.4, 0.5) is 4.79 Å². The largest absolute Gasteiger partial charge is 0.497 e. The summed E-state index contributed by atoms with van der Waals surface area (Å²) in [4.78, 5) is 76.6. The molecule has 6 rings (SSSR count). The van der Waals surface area contributed by atoms with Gasteiger partial charge in [-0.15, -0.1) is 13.2 Å². The summed E-state index contributed by atoms with van der Waals surface area (Å²) in [6, 6.07) is 13.8. The van der Waals surface area contributed by atoms with Gasteiger partial charge in [0.05, 0.1) is 36.7 Å². The number of likely N-dealkylation sites (tertiary alicyclic amines) is 1. The lowest BCUT2D eigenvalue weighted by molar-refractivity contribution is -0.142. The van der Waals surface area contributed by atoms with Crippen LogP contribution >= 0.6 is 0 Å². The predicted octanol–water partition coefficient (Wildman–Crippen LogP) is 4.02. The number of benzene rings is 2. The van der Waals surface area contributed by atoms with E-state index in [1.165, 1.54) is 22.0 Å². The Hall–Kier alpha value is -6.23. The molecule has 3 aliphatic rings. The third-order valence-electron chi connectivity index (χ3n) is 10.7. The van der Waals surface area contributed by atoms with Gasteiger partial charge in [0.15, 0.2) is 0 Å². The second kappa shape index (κ2) is 17.8. The second-order valence-electron chi connectivity index (χ2n) is 16.4. The number of methoxy groups -OCH3 is 1. The van der Waals surface area contributed by atoms with Crippen molar-refractivity contribution in [3.05, 3.63) is 92.6 Å². The van der Waals surface area contributed by atoms with E-state index in [1.807, 2.05) is 30.3 Å². The van der Waals surface area contributed by atoms with E-state index in [-0.39, 0.29) is 32.5 Å². The number of rotatable bonds is 17. The van der Waals surface area contributed by atoms with Gasteiger partial charge >= 0.3 is 6.09 Å². The van der Waals surface area contributed by atoms with Crippen LogP contribution < -0.4 is 24.8 Å². The summed E-state index contributed by atoms with van der Waals surface area (Å²) in [5.74, 6) is -2.61. The number of sulfonamides is 1. The highest BCUT2D eigenvalue weighted by atomic mass is 32.2. The Balaban J connectivity index is 1.37. The number of pyridine rings is 1. The number of ether oxygens (including phenoxy) is 3. The first kappa shape index (κ1) is 44.3. The number of hydrogen-bond donors (Lipinski definition) is 3. The van der Waals surface area contributed by atoms with Crippen molar-refractivity contribution >= 4 is 50.6 Å². The Labute approximate surface area is 355 Å². The molecule has 0 bridgehead atoms. The highest BCUT2D eigenvalue weighted by Gasteiger charge is 2.62. The topological polar surface area (TPSA) is 203 Å². The maximum Gasteiger partial charge on any atom is 0.408 e. The minimum Gasteiger partial charge on any atom is -0.497 e. The van der Waals surface area contributed by atoms with Gasteiger partial charge < -0.3 is 34.6 Å². The van der Waals surface area contributed by atoms with Gasteiger partial charge in [-0.05, 0) is 58.2 Å². The molecule has 2 aliphatic carbocycles. The Kier molecular flexibility index (Phi) is 12.9. The number of carbonyl (C=O) groups excluding carboxylic acids is 5. The lowest BCUT2D eigenvalue weighted by Crippen LogP contribution is -2.60. The molecule has 17 heteroatoms. The van der Waals surface area contributed by atoms with E-state index in [2.05, 4.69) is 35.1 Å². The minimum absolute atomic E-state index is 0.00568. The van der Waals surface area contributed by atoms with E-state index < -0.39 is 80.2 Å². The molecule has 5 atom stereocenters. The van der Waals surface area contributed by atoms with Crippen LogP contribution in [0.25, 0.3) is 22.2 Å². The fourth-order valence-corrected chi connectivity index (χ4v) is 8.69. The van der Waals surface area contributed by atoms with Crippen molar-refractivity contribution in [2.75, 3.05) is 26.7 Å². The van der Waals surface area contributed by atoms with Gasteiger partial charge in [-0.2, -0.15) is 0 Å². The van der Waals surface area contributed by atoms with Crippen molar-refractivity contribution in [3.8, 4) is 22.8 Å². The molecule has 0 radical (unpaired) electrons. The SMILES string of the molecule is C=CCN(C[C@H](NC(=O)OC(C)(C)C)C(=O)N1C[C@H](Oc2cc(-c3ccccc3)nc3cc(OC)ccc23)C[C@H]1C(=O)N[C@]1(C(=O)NS(=O)(=O)C2CC2)C[C@H]1C=C)C(=O)C=C. The van der Waals surface area contributed by atoms with Crippen LogP contribution in [-0.4, -0.2) is 114 Å². The molecule has 324 valence electrons. The number of nitrogens with one attached hydrogen (secondary N) is 3. The third-order valence-corrected chi connectivity index (χ3v) is 12.5. The van der Waals surface area contributed by atoms with E-state index in [0.29, 0.717) is 40.9 Å². The Bertz CT molecular complexity index is 2340. The number of alkyl carbamates (subject to hydrolysis) is 1. The highest BCUT2D eigenvalue weighted by molar-refractivity contribution is 7.91. The van der Waals surface area contributed by atoms with Gasteiger partial charge in [0.1, 0.15) is 40.8 Å². The quantitative estimate of drug-likeness (QED) is 0.131. The van der Waals surface area contributed by atoms with Crippen LogP contribution in [0.5, 0.6) is 11.5 Å². The van der Waals surface area contributed by atoms with E-state index in [0.717, 1.165) is 11.6 Å². The Morgan fingerprint density at radius 2 is 1.77 bits per heavy atom. The molecule has 5 amide bonds. The lowest BCUT2D eigenvalue weighted by atomic mass is 10.1. The minimum atomic E-state index is -3.97. The maximum absolute atomic E-state index is 14.9. The zero-order valence-electron chi connectivity index (χ0n) is 34.7. The fraction of sp³-hybridized carbons (Fsp3) is 0.409. The molecule has 1 aromatic heterocycles. The third kappa shape index (κ3) is 10.2. The fourth-order valence-electron chi connectivity index (χ4n) is 7.33. The van der Waals surface area contributed by atoms with Crippen LogP contribution in [0, 0.1) is 5.92 Å². The summed E-state index contributed by atoms with van der Waals surface area (Å²) in [5, 5.41) is 5.29. The summed E-state index contributed by atoms with van der Waals surface area (Å²) >= 11 is 0. The molecular formula is C44H52N6O10S. The van der Waals surface area contributed by atoms with Crippen LogP contribution in [-0.2, 0) is 33.9 Å². The number of hydrogen-bond acceptors (Lipinski definition) is 11. The van der Waals surface area contributed by atoms with Gasteiger partial charge in [-0.1, -0.05) is 49.1 Å². The van der Waals surface area contributed by atoms with Crippen molar-refractivity contribution in [3.63, 3.8) is 0 Å². The summed E-state index contributed by atoms with van der Waals surface area (Å²) in [6.45, 7) is 15.4. The molecule has 0 spiro atoms. The van der Waals surface area contributed by atoms with Gasteiger partial charge in [0.2, 0.25) is 27.7 Å². The normalized spacial score (nSPS) is 21.3. The first-order valence-electron chi connectivity index (χ1n) is 20.0. The monoisotopic (exact) mass is 856 g/mol. The molecule has 3 N–H and O–H groups in total. The number of nitrogens with zero attached hydrogens (tertiary/aromatic N) is 3.